The van der Waals surface area contributed by atoms with Crippen molar-refractivity contribution in [1.29, 1.82) is 0 Å². The third-order valence-electron chi connectivity index (χ3n) is 3.03. The summed E-state index contributed by atoms with van der Waals surface area (Å²) in [5.74, 6) is 0.260. The average molecular weight is 283 g/mol. The lowest BCUT2D eigenvalue weighted by atomic mass is 10.2. The van der Waals surface area contributed by atoms with Crippen LogP contribution in [0.4, 0.5) is 0 Å². The van der Waals surface area contributed by atoms with Crippen molar-refractivity contribution in [2.45, 2.75) is 30.4 Å². The second-order valence-electron chi connectivity index (χ2n) is 5.23. The highest BCUT2D eigenvalue weighted by atomic mass is 35.5. The first kappa shape index (κ1) is 13.5. The molecule has 2 rings (SSSR count). The third-order valence-corrected chi connectivity index (χ3v) is 6.15. The quantitative estimate of drug-likeness (QED) is 0.802. The van der Waals surface area contributed by atoms with Crippen molar-refractivity contribution in [3.8, 4) is 5.75 Å². The minimum Gasteiger partial charge on any atom is -0.502 e. The normalized spacial score (nSPS) is 13.8. The molecule has 2 nitrogen and oxygen atoms in total. The minimum absolute atomic E-state index is 0.0866. The Morgan fingerprint density at radius 2 is 2.00 bits per heavy atom. The second-order valence-corrected chi connectivity index (χ2v) is 8.32. The zero-order chi connectivity index (χ0) is 13.5. The predicted octanol–water partition coefficient (Wildman–Crippen LogP) is 4.00. The Morgan fingerprint density at radius 3 is 2.61 bits per heavy atom. The zero-order valence-corrected chi connectivity index (χ0v) is 12.6. The molecule has 1 aromatic heterocycles. The number of rotatable bonds is 1. The van der Waals surface area contributed by atoms with Gasteiger partial charge in [-0.1, -0.05) is 11.6 Å². The molecule has 0 aliphatic carbocycles. The molecular weight excluding hydrogens is 266 g/mol. The number of aromatic hydroxyl groups is 1. The predicted molar refractivity (Wildman–Crippen MR) is 79.7 cm³/mol. The molecule has 4 heteroatoms. The minimum atomic E-state index is -0.103. The van der Waals surface area contributed by atoms with Gasteiger partial charge in [0.15, 0.2) is 5.75 Å². The maximum Gasteiger partial charge on any atom is 0.200 e. The van der Waals surface area contributed by atoms with E-state index in [-0.39, 0.29) is 21.4 Å². The molecule has 0 saturated carbocycles. The van der Waals surface area contributed by atoms with E-state index in [1.54, 1.807) is 6.20 Å². The smallest absolute Gasteiger partial charge is 0.200 e. The fourth-order valence-corrected chi connectivity index (χ4v) is 3.40. The molecule has 0 bridgehead atoms. The Kier molecular flexibility index (Phi) is 3.47. The van der Waals surface area contributed by atoms with Crippen LogP contribution in [0.15, 0.2) is 29.3 Å². The molecule has 18 heavy (non-hydrogen) atoms. The van der Waals surface area contributed by atoms with Crippen LogP contribution in [-0.2, 0) is 10.9 Å². The van der Waals surface area contributed by atoms with Crippen LogP contribution < -0.4 is 0 Å². The maximum atomic E-state index is 10.4. The molecule has 1 N–H and O–H groups in total. The SMILES string of the molecule is C[S+](c1cc(Cl)c2cccnc2c1O)C(C)(C)C. The van der Waals surface area contributed by atoms with E-state index < -0.39 is 0 Å². The van der Waals surface area contributed by atoms with E-state index in [0.717, 1.165) is 10.3 Å². The van der Waals surface area contributed by atoms with E-state index in [9.17, 15) is 5.11 Å². The lowest BCUT2D eigenvalue weighted by molar-refractivity contribution is 0.467. The number of halogens is 1. The third kappa shape index (κ3) is 2.29. The lowest BCUT2D eigenvalue weighted by Crippen LogP contribution is -2.27. The Hall–Kier alpha value is -0.930. The molecule has 2 aromatic rings. The Labute approximate surface area is 115 Å². The van der Waals surface area contributed by atoms with Crippen molar-refractivity contribution in [3.63, 3.8) is 0 Å². The number of pyridine rings is 1. The fraction of sp³-hybridized carbons (Fsp3) is 0.357. The van der Waals surface area contributed by atoms with Crippen LogP contribution in [0, 0.1) is 0 Å². The van der Waals surface area contributed by atoms with E-state index in [0.29, 0.717) is 10.5 Å². The van der Waals surface area contributed by atoms with Crippen molar-refractivity contribution in [2.75, 3.05) is 6.26 Å². The number of phenolic OH excluding ortho intramolecular Hbond substituents is 1. The molecule has 1 heterocycles. The van der Waals surface area contributed by atoms with Crippen molar-refractivity contribution in [1.82, 2.24) is 4.98 Å². The first-order valence-electron chi connectivity index (χ1n) is 5.74. The molecule has 0 spiro atoms. The van der Waals surface area contributed by atoms with Crippen molar-refractivity contribution in [3.05, 3.63) is 29.4 Å². The number of hydrogen-bond donors (Lipinski definition) is 1. The summed E-state index contributed by atoms with van der Waals surface area (Å²) in [6, 6.07) is 5.57. The summed E-state index contributed by atoms with van der Waals surface area (Å²) in [6.45, 7) is 6.48. The first-order valence-corrected chi connectivity index (χ1v) is 7.75. The number of hydrogen-bond acceptors (Lipinski definition) is 2. The summed E-state index contributed by atoms with van der Waals surface area (Å²) in [6.07, 6.45) is 3.80. The highest BCUT2D eigenvalue weighted by molar-refractivity contribution is 7.97. The van der Waals surface area contributed by atoms with Crippen LogP contribution >= 0.6 is 11.6 Å². The molecule has 1 aromatic carbocycles. The van der Waals surface area contributed by atoms with Gasteiger partial charge in [-0.25, -0.2) is 0 Å². The molecule has 0 radical (unpaired) electrons. The molecule has 0 aliphatic heterocycles. The van der Waals surface area contributed by atoms with Gasteiger partial charge in [-0.05, 0) is 32.9 Å². The average Bonchev–Trinajstić information content (AvgIpc) is 2.32. The van der Waals surface area contributed by atoms with E-state index in [4.69, 9.17) is 11.6 Å². The van der Waals surface area contributed by atoms with Crippen LogP contribution in [0.25, 0.3) is 10.9 Å². The monoisotopic (exact) mass is 282 g/mol. The van der Waals surface area contributed by atoms with Gasteiger partial charge in [0.05, 0.1) is 5.02 Å². The van der Waals surface area contributed by atoms with Gasteiger partial charge in [0, 0.05) is 28.5 Å². The molecule has 1 unspecified atom stereocenters. The van der Waals surface area contributed by atoms with Gasteiger partial charge in [-0.2, -0.15) is 0 Å². The van der Waals surface area contributed by atoms with Crippen LogP contribution in [-0.4, -0.2) is 21.1 Å². The van der Waals surface area contributed by atoms with Crippen molar-refractivity contribution in [2.24, 2.45) is 0 Å². The highest BCUT2D eigenvalue weighted by Crippen LogP contribution is 2.39. The zero-order valence-electron chi connectivity index (χ0n) is 11.0. The van der Waals surface area contributed by atoms with Crippen LogP contribution in [0.5, 0.6) is 5.75 Å². The standard InChI is InChI=1S/C14H16ClNOS/c1-14(2,3)18(4)11-8-10(15)9-6-5-7-16-12(9)13(11)17/h5-8H,1-4H3/p+1. The van der Waals surface area contributed by atoms with E-state index in [1.165, 1.54) is 0 Å². The number of phenols is 1. The summed E-state index contributed by atoms with van der Waals surface area (Å²) in [7, 11) is -0.103. The second kappa shape index (κ2) is 4.63. The van der Waals surface area contributed by atoms with Gasteiger partial charge in [-0.3, -0.25) is 4.98 Å². The molecule has 1 atom stereocenters. The Balaban J connectivity index is 2.71. The summed E-state index contributed by atoms with van der Waals surface area (Å²) < 4.78 is 0.0866. The number of fused-ring (bicyclic) bond motifs is 1. The molecule has 0 amide bonds. The summed E-state index contributed by atoms with van der Waals surface area (Å²) in [4.78, 5) is 5.12. The maximum absolute atomic E-state index is 10.4. The molecule has 0 aliphatic rings. The molecule has 96 valence electrons. The van der Waals surface area contributed by atoms with E-state index >= 15 is 0 Å². The number of benzene rings is 1. The largest absolute Gasteiger partial charge is 0.502 e. The van der Waals surface area contributed by atoms with Gasteiger partial charge in [0.2, 0.25) is 4.90 Å². The van der Waals surface area contributed by atoms with Gasteiger partial charge >= 0.3 is 0 Å². The fourth-order valence-electron chi connectivity index (χ4n) is 1.73. The van der Waals surface area contributed by atoms with Crippen molar-refractivity contribution < 1.29 is 5.11 Å². The van der Waals surface area contributed by atoms with Gasteiger partial charge in [0.1, 0.15) is 16.5 Å². The number of aromatic nitrogens is 1. The van der Waals surface area contributed by atoms with Gasteiger partial charge < -0.3 is 5.11 Å². The first-order chi connectivity index (χ1) is 8.32. The molecule has 0 fully saturated rings. The van der Waals surface area contributed by atoms with Crippen LogP contribution in [0.1, 0.15) is 20.8 Å². The highest BCUT2D eigenvalue weighted by Gasteiger charge is 2.35. The van der Waals surface area contributed by atoms with E-state index in [1.807, 2.05) is 18.2 Å². The molecule has 0 saturated heterocycles. The van der Waals surface area contributed by atoms with Crippen LogP contribution in [0.2, 0.25) is 5.02 Å². The van der Waals surface area contributed by atoms with E-state index in [2.05, 4.69) is 32.0 Å². The summed E-state index contributed by atoms with van der Waals surface area (Å²) in [5.41, 5.74) is 0.587. The van der Waals surface area contributed by atoms with Gasteiger partial charge in [0.25, 0.3) is 0 Å². The summed E-state index contributed by atoms with van der Waals surface area (Å²) >= 11 is 6.28. The summed E-state index contributed by atoms with van der Waals surface area (Å²) in [5, 5.41) is 11.8. The Morgan fingerprint density at radius 1 is 1.33 bits per heavy atom. The molecular formula is C14H17ClNOS+. The van der Waals surface area contributed by atoms with Crippen molar-refractivity contribution >= 4 is 33.4 Å². The topological polar surface area (TPSA) is 33.1 Å². The number of nitrogens with zero attached hydrogens (tertiary/aromatic N) is 1. The Bertz CT molecular complexity index is 592. The van der Waals surface area contributed by atoms with Gasteiger partial charge in [-0.15, -0.1) is 0 Å². The van der Waals surface area contributed by atoms with Crippen LogP contribution in [0.3, 0.4) is 0 Å². The lowest BCUT2D eigenvalue weighted by Gasteiger charge is -2.19.